The van der Waals surface area contributed by atoms with E-state index in [9.17, 15) is 22.8 Å². The van der Waals surface area contributed by atoms with Crippen LogP contribution >= 0.6 is 0 Å². The van der Waals surface area contributed by atoms with Gasteiger partial charge in [-0.2, -0.15) is 13.2 Å². The third kappa shape index (κ3) is 7.99. The number of ether oxygens (including phenoxy) is 3. The highest BCUT2D eigenvalue weighted by molar-refractivity contribution is 5.88. The van der Waals surface area contributed by atoms with E-state index in [-0.39, 0.29) is 12.8 Å². The Morgan fingerprint density at radius 3 is 2.23 bits per heavy atom. The number of carbonyl (C=O) groups excluding carboxylic acids is 2. The first-order valence-electron chi connectivity index (χ1n) is 12.7. The maximum atomic E-state index is 12.2. The van der Waals surface area contributed by atoms with Crippen molar-refractivity contribution in [1.82, 2.24) is 0 Å². The van der Waals surface area contributed by atoms with Crippen LogP contribution in [0.2, 0.25) is 0 Å². The largest absolute Gasteiger partial charge is 0.497 e. The third-order valence-electron chi connectivity index (χ3n) is 6.54. The molecule has 39 heavy (non-hydrogen) atoms. The van der Waals surface area contributed by atoms with E-state index in [1.165, 1.54) is 23.2 Å². The molecule has 4 rings (SSSR count). The zero-order valence-electron chi connectivity index (χ0n) is 21.6. The van der Waals surface area contributed by atoms with Crippen molar-refractivity contribution >= 4 is 17.6 Å². The second-order valence-corrected chi connectivity index (χ2v) is 9.38. The number of methoxy groups -OCH3 is 1. The normalized spacial score (nSPS) is 13.3. The Morgan fingerprint density at radius 1 is 0.872 bits per heavy atom. The van der Waals surface area contributed by atoms with Crippen molar-refractivity contribution in [1.29, 1.82) is 0 Å². The standard InChI is InChI=1S/C30H30F3NO5/c1-37-26-15-12-24-4-2-3-17-34(27(24)18-26)19-22-5-7-23(8-6-22)20-38-25-13-9-21(10-14-25)11-16-28(35)39-29(36)30(31,32)33/h5-10,12-15,18H,2-4,11,16-17,19-20H2,1H3. The molecule has 0 N–H and O–H groups in total. The molecular weight excluding hydrogens is 511 g/mol. The van der Waals surface area contributed by atoms with Gasteiger partial charge in [0.1, 0.15) is 18.1 Å². The first kappa shape index (κ1) is 28.0. The van der Waals surface area contributed by atoms with Crippen LogP contribution in [0, 0.1) is 0 Å². The molecule has 6 nitrogen and oxygen atoms in total. The van der Waals surface area contributed by atoms with Gasteiger partial charge in [-0.1, -0.05) is 42.5 Å². The fourth-order valence-corrected chi connectivity index (χ4v) is 4.42. The molecule has 206 valence electrons. The molecule has 0 unspecified atom stereocenters. The molecule has 1 aliphatic heterocycles. The molecule has 0 spiro atoms. The minimum Gasteiger partial charge on any atom is -0.497 e. The zero-order chi connectivity index (χ0) is 27.8. The van der Waals surface area contributed by atoms with E-state index in [0.717, 1.165) is 37.2 Å². The smallest absolute Gasteiger partial charge is 0.491 e. The summed E-state index contributed by atoms with van der Waals surface area (Å²) in [6.07, 6.45) is -2.01. The fraction of sp³-hybridized carbons (Fsp3) is 0.333. The lowest BCUT2D eigenvalue weighted by Crippen LogP contribution is -2.28. The monoisotopic (exact) mass is 541 g/mol. The summed E-state index contributed by atoms with van der Waals surface area (Å²) in [4.78, 5) is 24.6. The fourth-order valence-electron chi connectivity index (χ4n) is 4.42. The highest BCUT2D eigenvalue weighted by atomic mass is 19.4. The lowest BCUT2D eigenvalue weighted by molar-refractivity contribution is -0.201. The molecular formula is C30H30F3NO5. The topological polar surface area (TPSA) is 65.1 Å². The second kappa shape index (κ2) is 12.7. The number of halogens is 3. The summed E-state index contributed by atoms with van der Waals surface area (Å²) < 4.78 is 51.6. The van der Waals surface area contributed by atoms with Gasteiger partial charge in [-0.15, -0.1) is 0 Å². The second-order valence-electron chi connectivity index (χ2n) is 9.38. The number of hydrogen-bond donors (Lipinski definition) is 0. The number of anilines is 1. The van der Waals surface area contributed by atoms with Crippen LogP contribution in [0.15, 0.2) is 66.7 Å². The Balaban J connectivity index is 1.27. The summed E-state index contributed by atoms with van der Waals surface area (Å²) in [5.74, 6) is -2.24. The van der Waals surface area contributed by atoms with E-state index in [1.807, 2.05) is 18.2 Å². The Hall–Kier alpha value is -4.01. The molecule has 0 fully saturated rings. The van der Waals surface area contributed by atoms with Gasteiger partial charge in [-0.3, -0.25) is 4.79 Å². The van der Waals surface area contributed by atoms with Gasteiger partial charge in [0.15, 0.2) is 0 Å². The van der Waals surface area contributed by atoms with Crippen molar-refractivity contribution in [3.05, 3.63) is 89.0 Å². The summed E-state index contributed by atoms with van der Waals surface area (Å²) >= 11 is 0. The van der Waals surface area contributed by atoms with Crippen molar-refractivity contribution in [2.75, 3.05) is 18.6 Å². The molecule has 0 amide bonds. The maximum Gasteiger partial charge on any atom is 0.491 e. The van der Waals surface area contributed by atoms with Gasteiger partial charge in [0.25, 0.3) is 0 Å². The molecule has 1 heterocycles. The van der Waals surface area contributed by atoms with Crippen LogP contribution in [-0.2, 0) is 40.3 Å². The lowest BCUT2D eigenvalue weighted by Gasteiger charge is -2.25. The molecule has 1 aliphatic rings. The third-order valence-corrected chi connectivity index (χ3v) is 6.54. The molecule has 0 aromatic heterocycles. The van der Waals surface area contributed by atoms with Crippen molar-refractivity contribution < 1.29 is 37.0 Å². The van der Waals surface area contributed by atoms with Crippen molar-refractivity contribution in [2.24, 2.45) is 0 Å². The average Bonchev–Trinajstić information content (AvgIpc) is 3.13. The van der Waals surface area contributed by atoms with Crippen LogP contribution in [0.5, 0.6) is 11.5 Å². The van der Waals surface area contributed by atoms with E-state index in [4.69, 9.17) is 9.47 Å². The van der Waals surface area contributed by atoms with Crippen LogP contribution in [0.1, 0.15) is 41.5 Å². The van der Waals surface area contributed by atoms with E-state index in [1.54, 1.807) is 31.4 Å². The number of rotatable bonds is 9. The van der Waals surface area contributed by atoms with Crippen LogP contribution < -0.4 is 14.4 Å². The summed E-state index contributed by atoms with van der Waals surface area (Å²) in [7, 11) is 1.69. The Kier molecular flexibility index (Phi) is 9.11. The lowest BCUT2D eigenvalue weighted by atomic mass is 10.1. The molecule has 0 bridgehead atoms. The number of benzene rings is 3. The average molecular weight is 542 g/mol. The van der Waals surface area contributed by atoms with Crippen molar-refractivity contribution in [3.63, 3.8) is 0 Å². The van der Waals surface area contributed by atoms with Crippen molar-refractivity contribution in [3.8, 4) is 11.5 Å². The Morgan fingerprint density at radius 2 is 1.54 bits per heavy atom. The van der Waals surface area contributed by atoms with Gasteiger partial charge in [0, 0.05) is 24.8 Å². The molecule has 9 heteroatoms. The molecule has 0 saturated heterocycles. The van der Waals surface area contributed by atoms with E-state index < -0.39 is 18.1 Å². The number of fused-ring (bicyclic) bond motifs is 1. The molecule has 0 atom stereocenters. The van der Waals surface area contributed by atoms with Gasteiger partial charge >= 0.3 is 18.1 Å². The van der Waals surface area contributed by atoms with Crippen LogP contribution in [0.3, 0.4) is 0 Å². The highest BCUT2D eigenvalue weighted by Crippen LogP contribution is 2.31. The summed E-state index contributed by atoms with van der Waals surface area (Å²) in [6, 6.07) is 21.5. The quantitative estimate of drug-likeness (QED) is 0.238. The number of alkyl halides is 3. The van der Waals surface area contributed by atoms with Crippen molar-refractivity contribution in [2.45, 2.75) is 51.4 Å². The number of nitrogens with zero attached hydrogens (tertiary/aromatic N) is 1. The number of hydrogen-bond acceptors (Lipinski definition) is 6. The minimum atomic E-state index is -5.19. The van der Waals surface area contributed by atoms with Crippen LogP contribution in [0.4, 0.5) is 18.9 Å². The number of carbonyl (C=O) groups is 2. The Labute approximate surface area is 225 Å². The maximum absolute atomic E-state index is 12.2. The van der Waals surface area contributed by atoms with E-state index in [0.29, 0.717) is 17.9 Å². The van der Waals surface area contributed by atoms with Crippen LogP contribution in [0.25, 0.3) is 0 Å². The Bertz CT molecular complexity index is 1270. The van der Waals surface area contributed by atoms with Crippen LogP contribution in [-0.4, -0.2) is 31.8 Å². The van der Waals surface area contributed by atoms with E-state index in [2.05, 4.69) is 33.9 Å². The van der Waals surface area contributed by atoms with Gasteiger partial charge in [-0.25, -0.2) is 4.79 Å². The summed E-state index contributed by atoms with van der Waals surface area (Å²) in [5.41, 5.74) is 5.50. The van der Waals surface area contributed by atoms with Gasteiger partial charge in [0.05, 0.1) is 13.5 Å². The number of aryl methyl sites for hydroxylation is 2. The predicted molar refractivity (Wildman–Crippen MR) is 140 cm³/mol. The molecule has 0 saturated carbocycles. The summed E-state index contributed by atoms with van der Waals surface area (Å²) in [5, 5.41) is 0. The molecule has 0 radical (unpaired) electrons. The SMILES string of the molecule is COc1ccc2c(c1)N(Cc1ccc(COc3ccc(CCC(=O)OC(=O)C(F)(F)F)cc3)cc1)CCCC2. The first-order chi connectivity index (χ1) is 18.7. The van der Waals surface area contributed by atoms with E-state index >= 15 is 0 Å². The number of esters is 2. The zero-order valence-corrected chi connectivity index (χ0v) is 21.6. The van der Waals surface area contributed by atoms with Gasteiger partial charge < -0.3 is 19.1 Å². The molecule has 3 aromatic carbocycles. The molecule has 3 aromatic rings. The van der Waals surface area contributed by atoms with Gasteiger partial charge in [0.2, 0.25) is 0 Å². The first-order valence-corrected chi connectivity index (χ1v) is 12.7. The summed E-state index contributed by atoms with van der Waals surface area (Å²) in [6.45, 7) is 2.17. The van der Waals surface area contributed by atoms with Gasteiger partial charge in [-0.05, 0) is 66.1 Å². The minimum absolute atomic E-state index is 0.139. The molecule has 0 aliphatic carbocycles. The highest BCUT2D eigenvalue weighted by Gasteiger charge is 2.42. The predicted octanol–water partition coefficient (Wildman–Crippen LogP) is 6.18.